The Morgan fingerprint density at radius 1 is 1.09 bits per heavy atom. The lowest BCUT2D eigenvalue weighted by atomic mass is 9.79. The first kappa shape index (κ1) is 15.6. The van der Waals surface area contributed by atoms with Crippen LogP contribution in [0.25, 0.3) is 0 Å². The Kier molecular flexibility index (Phi) is 3.61. The van der Waals surface area contributed by atoms with E-state index in [0.29, 0.717) is 12.3 Å². The summed E-state index contributed by atoms with van der Waals surface area (Å²) in [5.41, 5.74) is 1.27. The molecule has 1 atom stereocenters. The SMILES string of the molecule is CC1CC(=O)N(c2ccc(B3OC(C)(C)C(C)(C)O3)cc2)C1. The van der Waals surface area contributed by atoms with Gasteiger partial charge in [-0.1, -0.05) is 19.1 Å². The molecule has 3 rings (SSSR count). The fourth-order valence-corrected chi connectivity index (χ4v) is 2.93. The molecule has 1 unspecified atom stereocenters. The van der Waals surface area contributed by atoms with Crippen molar-refractivity contribution in [2.24, 2.45) is 5.92 Å². The first-order chi connectivity index (χ1) is 10.2. The summed E-state index contributed by atoms with van der Waals surface area (Å²) < 4.78 is 12.1. The molecule has 4 nitrogen and oxygen atoms in total. The topological polar surface area (TPSA) is 38.8 Å². The van der Waals surface area contributed by atoms with Crippen molar-refractivity contribution in [3.63, 3.8) is 0 Å². The zero-order valence-electron chi connectivity index (χ0n) is 14.1. The van der Waals surface area contributed by atoms with Crippen molar-refractivity contribution in [1.29, 1.82) is 0 Å². The van der Waals surface area contributed by atoms with E-state index in [9.17, 15) is 4.79 Å². The number of nitrogens with zero attached hydrogens (tertiary/aromatic N) is 1. The van der Waals surface area contributed by atoms with Gasteiger partial charge in [-0.25, -0.2) is 0 Å². The van der Waals surface area contributed by atoms with E-state index in [1.54, 1.807) is 0 Å². The highest BCUT2D eigenvalue weighted by atomic mass is 16.7. The van der Waals surface area contributed by atoms with Crippen LogP contribution in [0.3, 0.4) is 0 Å². The van der Waals surface area contributed by atoms with E-state index in [0.717, 1.165) is 17.7 Å². The summed E-state index contributed by atoms with van der Waals surface area (Å²) in [5, 5.41) is 0. The zero-order valence-corrected chi connectivity index (χ0v) is 14.1. The Balaban J connectivity index is 1.77. The second-order valence-electron chi connectivity index (χ2n) is 7.49. The molecule has 2 fully saturated rings. The lowest BCUT2D eigenvalue weighted by molar-refractivity contribution is -0.117. The van der Waals surface area contributed by atoms with Gasteiger partial charge in [-0.05, 0) is 51.2 Å². The molecule has 1 aromatic rings. The molecule has 0 saturated carbocycles. The summed E-state index contributed by atoms with van der Waals surface area (Å²) in [7, 11) is -0.354. The van der Waals surface area contributed by atoms with Gasteiger partial charge in [0.1, 0.15) is 0 Å². The minimum absolute atomic E-state index is 0.205. The first-order valence-corrected chi connectivity index (χ1v) is 7.95. The summed E-state index contributed by atoms with van der Waals surface area (Å²) in [4.78, 5) is 13.8. The molecular formula is C17H24BNO3. The summed E-state index contributed by atoms with van der Waals surface area (Å²) >= 11 is 0. The van der Waals surface area contributed by atoms with Crippen LogP contribution in [-0.2, 0) is 14.1 Å². The number of anilines is 1. The number of carbonyl (C=O) groups is 1. The molecule has 1 aromatic carbocycles. The lowest BCUT2D eigenvalue weighted by Gasteiger charge is -2.32. The summed E-state index contributed by atoms with van der Waals surface area (Å²) in [6.07, 6.45) is 0.638. The maximum absolute atomic E-state index is 12.0. The van der Waals surface area contributed by atoms with E-state index in [-0.39, 0.29) is 24.2 Å². The van der Waals surface area contributed by atoms with Gasteiger partial charge in [0.05, 0.1) is 11.2 Å². The maximum Gasteiger partial charge on any atom is 0.494 e. The quantitative estimate of drug-likeness (QED) is 0.787. The number of benzene rings is 1. The summed E-state index contributed by atoms with van der Waals surface area (Å²) in [5.74, 6) is 0.631. The fourth-order valence-electron chi connectivity index (χ4n) is 2.93. The minimum Gasteiger partial charge on any atom is -0.399 e. The Hall–Kier alpha value is -1.33. The summed E-state index contributed by atoms with van der Waals surface area (Å²) in [6, 6.07) is 7.95. The normalized spacial score (nSPS) is 26.8. The third-order valence-corrected chi connectivity index (χ3v) is 5.05. The van der Waals surface area contributed by atoms with Crippen LogP contribution >= 0.6 is 0 Å². The Bertz CT molecular complexity index is 566. The van der Waals surface area contributed by atoms with E-state index in [4.69, 9.17) is 9.31 Å². The van der Waals surface area contributed by atoms with Crippen molar-refractivity contribution in [2.45, 2.75) is 52.2 Å². The van der Waals surface area contributed by atoms with Crippen LogP contribution < -0.4 is 10.4 Å². The molecular weight excluding hydrogens is 277 g/mol. The molecule has 0 N–H and O–H groups in total. The molecule has 0 bridgehead atoms. The van der Waals surface area contributed by atoms with Crippen LogP contribution in [0.4, 0.5) is 5.69 Å². The molecule has 0 aliphatic carbocycles. The maximum atomic E-state index is 12.0. The third kappa shape index (κ3) is 2.57. The second-order valence-corrected chi connectivity index (χ2v) is 7.49. The van der Waals surface area contributed by atoms with Gasteiger partial charge in [0, 0.05) is 18.7 Å². The number of amides is 1. The Morgan fingerprint density at radius 2 is 1.64 bits per heavy atom. The highest BCUT2D eigenvalue weighted by Crippen LogP contribution is 2.36. The Labute approximate surface area is 132 Å². The molecule has 1 amide bonds. The first-order valence-electron chi connectivity index (χ1n) is 7.95. The number of hydrogen-bond donors (Lipinski definition) is 0. The molecule has 2 saturated heterocycles. The van der Waals surface area contributed by atoms with Gasteiger partial charge in [0.15, 0.2) is 0 Å². The fraction of sp³-hybridized carbons (Fsp3) is 0.588. The van der Waals surface area contributed by atoms with Crippen LogP contribution in [0, 0.1) is 5.92 Å². The van der Waals surface area contributed by atoms with Crippen LogP contribution in [0.2, 0.25) is 0 Å². The van der Waals surface area contributed by atoms with E-state index in [1.165, 1.54) is 0 Å². The van der Waals surface area contributed by atoms with Crippen molar-refractivity contribution in [3.8, 4) is 0 Å². The summed E-state index contributed by atoms with van der Waals surface area (Å²) in [6.45, 7) is 11.1. The van der Waals surface area contributed by atoms with Gasteiger partial charge in [-0.15, -0.1) is 0 Å². The van der Waals surface area contributed by atoms with Crippen LogP contribution in [0.15, 0.2) is 24.3 Å². The monoisotopic (exact) mass is 301 g/mol. The van der Waals surface area contributed by atoms with Gasteiger partial charge in [-0.3, -0.25) is 4.79 Å². The molecule has 118 valence electrons. The van der Waals surface area contributed by atoms with Crippen molar-refractivity contribution >= 4 is 24.2 Å². The molecule has 5 heteroatoms. The van der Waals surface area contributed by atoms with Crippen molar-refractivity contribution < 1.29 is 14.1 Å². The Morgan fingerprint density at radius 3 is 2.09 bits per heavy atom. The predicted octanol–water partition coefficient (Wildman–Crippen LogP) is 2.36. The van der Waals surface area contributed by atoms with E-state index < -0.39 is 0 Å². The minimum atomic E-state index is -0.354. The number of rotatable bonds is 2. The van der Waals surface area contributed by atoms with E-state index in [2.05, 4.69) is 6.92 Å². The van der Waals surface area contributed by atoms with Crippen LogP contribution in [0.1, 0.15) is 41.0 Å². The van der Waals surface area contributed by atoms with Gasteiger partial charge in [0.2, 0.25) is 5.91 Å². The average Bonchev–Trinajstić information content (AvgIpc) is 2.86. The standard InChI is InChI=1S/C17H24BNO3/c1-12-10-15(20)19(11-12)14-8-6-13(7-9-14)18-21-16(2,3)17(4,5)22-18/h6-9,12H,10-11H2,1-5H3. The van der Waals surface area contributed by atoms with Gasteiger partial charge in [0.25, 0.3) is 0 Å². The molecule has 2 heterocycles. The molecule has 0 aromatic heterocycles. The van der Waals surface area contributed by atoms with Crippen LogP contribution in [-0.4, -0.2) is 30.8 Å². The molecule has 22 heavy (non-hydrogen) atoms. The average molecular weight is 301 g/mol. The molecule has 0 radical (unpaired) electrons. The van der Waals surface area contributed by atoms with Gasteiger partial charge >= 0.3 is 7.12 Å². The highest BCUT2D eigenvalue weighted by Gasteiger charge is 2.51. The van der Waals surface area contributed by atoms with Crippen molar-refractivity contribution in [1.82, 2.24) is 0 Å². The highest BCUT2D eigenvalue weighted by molar-refractivity contribution is 6.62. The van der Waals surface area contributed by atoms with Crippen molar-refractivity contribution in [2.75, 3.05) is 11.4 Å². The predicted molar refractivity (Wildman–Crippen MR) is 88.3 cm³/mol. The molecule has 2 aliphatic heterocycles. The third-order valence-electron chi connectivity index (χ3n) is 5.05. The smallest absolute Gasteiger partial charge is 0.399 e. The molecule has 2 aliphatic rings. The van der Waals surface area contributed by atoms with Crippen molar-refractivity contribution in [3.05, 3.63) is 24.3 Å². The van der Waals surface area contributed by atoms with Crippen LogP contribution in [0.5, 0.6) is 0 Å². The zero-order chi connectivity index (χ0) is 16.1. The van der Waals surface area contributed by atoms with E-state index in [1.807, 2.05) is 56.9 Å². The lowest BCUT2D eigenvalue weighted by Crippen LogP contribution is -2.41. The second kappa shape index (κ2) is 5.10. The number of carbonyl (C=O) groups excluding carboxylic acids is 1. The molecule has 0 spiro atoms. The van der Waals surface area contributed by atoms with E-state index >= 15 is 0 Å². The largest absolute Gasteiger partial charge is 0.494 e. The van der Waals surface area contributed by atoms with Gasteiger partial charge < -0.3 is 14.2 Å². The van der Waals surface area contributed by atoms with Gasteiger partial charge in [-0.2, -0.15) is 0 Å². The number of hydrogen-bond acceptors (Lipinski definition) is 3.